The highest BCUT2D eigenvalue weighted by Crippen LogP contribution is 2.11. The monoisotopic (exact) mass is 296 g/mol. The summed E-state index contributed by atoms with van der Waals surface area (Å²) in [5.41, 5.74) is 0. The molecule has 0 aromatic rings. The number of hydrogen-bond acceptors (Lipinski definition) is 2. The number of allylic oxidation sites excluding steroid dienone is 3. The molecule has 0 amide bonds. The fourth-order valence-corrected chi connectivity index (χ4v) is 2.17. The van der Waals surface area contributed by atoms with Gasteiger partial charge in [0.15, 0.2) is 0 Å². The molecule has 0 radical (unpaired) electrons. The van der Waals surface area contributed by atoms with Gasteiger partial charge in [-0.25, -0.2) is 0 Å². The van der Waals surface area contributed by atoms with E-state index in [-0.39, 0.29) is 6.10 Å². The summed E-state index contributed by atoms with van der Waals surface area (Å²) < 4.78 is 0. The van der Waals surface area contributed by atoms with E-state index in [0.29, 0.717) is 6.42 Å². The van der Waals surface area contributed by atoms with Gasteiger partial charge in [-0.3, -0.25) is 4.79 Å². The van der Waals surface area contributed by atoms with Crippen LogP contribution in [0.3, 0.4) is 0 Å². The highest BCUT2D eigenvalue weighted by atomic mass is 16.4. The van der Waals surface area contributed by atoms with Crippen molar-refractivity contribution in [3.8, 4) is 0 Å². The molecule has 2 N–H and O–H groups in total. The Kier molecular flexibility index (Phi) is 14.5. The topological polar surface area (TPSA) is 57.5 Å². The van der Waals surface area contributed by atoms with Gasteiger partial charge in [0.25, 0.3) is 0 Å². The third kappa shape index (κ3) is 16.9. The Bertz CT molecular complexity index is 295. The van der Waals surface area contributed by atoms with Gasteiger partial charge in [-0.05, 0) is 32.1 Å². The molecule has 3 heteroatoms. The summed E-state index contributed by atoms with van der Waals surface area (Å²) >= 11 is 0. The van der Waals surface area contributed by atoms with Gasteiger partial charge in [-0.15, -0.1) is 0 Å². The zero-order valence-corrected chi connectivity index (χ0v) is 13.5. The highest BCUT2D eigenvalue weighted by molar-refractivity contribution is 5.66. The smallest absolute Gasteiger partial charge is 0.303 e. The van der Waals surface area contributed by atoms with Crippen LogP contribution in [-0.4, -0.2) is 22.3 Å². The number of rotatable bonds is 14. The van der Waals surface area contributed by atoms with Crippen molar-refractivity contribution < 1.29 is 15.0 Å². The molecule has 0 rings (SSSR count). The lowest BCUT2D eigenvalue weighted by atomic mass is 10.0. The number of aliphatic hydroxyl groups is 1. The molecular weight excluding hydrogens is 264 g/mol. The van der Waals surface area contributed by atoms with Gasteiger partial charge in [0.05, 0.1) is 6.10 Å². The van der Waals surface area contributed by atoms with Crippen molar-refractivity contribution in [1.29, 1.82) is 0 Å². The Hall–Kier alpha value is -1.09. The molecule has 0 heterocycles. The number of carbonyl (C=O) groups is 1. The fourth-order valence-electron chi connectivity index (χ4n) is 2.17. The molecule has 21 heavy (non-hydrogen) atoms. The molecule has 0 unspecified atom stereocenters. The van der Waals surface area contributed by atoms with Crippen molar-refractivity contribution in [2.24, 2.45) is 0 Å². The molecule has 0 spiro atoms. The average molecular weight is 296 g/mol. The van der Waals surface area contributed by atoms with E-state index in [2.05, 4.69) is 31.2 Å². The first-order valence-electron chi connectivity index (χ1n) is 8.36. The Morgan fingerprint density at radius 2 is 1.57 bits per heavy atom. The summed E-state index contributed by atoms with van der Waals surface area (Å²) in [5, 5.41) is 18.3. The maximum atomic E-state index is 10.3. The molecule has 0 fully saturated rings. The third-order valence-corrected chi connectivity index (χ3v) is 3.43. The predicted molar refractivity (Wildman–Crippen MR) is 88.4 cm³/mol. The normalized spacial score (nSPS) is 13.2. The van der Waals surface area contributed by atoms with Gasteiger partial charge < -0.3 is 10.2 Å². The second kappa shape index (κ2) is 15.3. The van der Waals surface area contributed by atoms with E-state index in [1.54, 1.807) is 0 Å². The number of aliphatic hydroxyl groups excluding tert-OH is 1. The van der Waals surface area contributed by atoms with Crippen LogP contribution in [0.5, 0.6) is 0 Å². The zero-order valence-electron chi connectivity index (χ0n) is 13.5. The van der Waals surface area contributed by atoms with Crippen molar-refractivity contribution in [3.05, 3.63) is 24.3 Å². The molecule has 0 aromatic carbocycles. The van der Waals surface area contributed by atoms with Crippen LogP contribution >= 0.6 is 0 Å². The maximum absolute atomic E-state index is 10.3. The van der Waals surface area contributed by atoms with Crippen LogP contribution < -0.4 is 0 Å². The van der Waals surface area contributed by atoms with Crippen LogP contribution in [0.4, 0.5) is 0 Å². The van der Waals surface area contributed by atoms with E-state index >= 15 is 0 Å². The number of hydrogen-bond donors (Lipinski definition) is 2. The second-order valence-corrected chi connectivity index (χ2v) is 5.53. The van der Waals surface area contributed by atoms with E-state index in [0.717, 1.165) is 64.2 Å². The van der Waals surface area contributed by atoms with E-state index in [1.807, 2.05) is 0 Å². The number of carboxylic acids is 1. The van der Waals surface area contributed by atoms with E-state index in [1.165, 1.54) is 0 Å². The quantitative estimate of drug-likeness (QED) is 0.355. The van der Waals surface area contributed by atoms with E-state index in [9.17, 15) is 9.90 Å². The van der Waals surface area contributed by atoms with Crippen LogP contribution in [0, 0.1) is 0 Å². The zero-order chi connectivity index (χ0) is 15.8. The third-order valence-electron chi connectivity index (χ3n) is 3.43. The first-order valence-corrected chi connectivity index (χ1v) is 8.36. The molecule has 0 saturated carbocycles. The highest BCUT2D eigenvalue weighted by Gasteiger charge is 2.01. The van der Waals surface area contributed by atoms with Gasteiger partial charge in [0, 0.05) is 6.42 Å². The van der Waals surface area contributed by atoms with Crippen molar-refractivity contribution in [1.82, 2.24) is 0 Å². The first-order chi connectivity index (χ1) is 10.2. The van der Waals surface area contributed by atoms with E-state index < -0.39 is 5.97 Å². The lowest BCUT2D eigenvalue weighted by molar-refractivity contribution is -0.137. The largest absolute Gasteiger partial charge is 0.481 e. The molecule has 0 aliphatic carbocycles. The molecule has 1 atom stereocenters. The van der Waals surface area contributed by atoms with Crippen molar-refractivity contribution in [3.63, 3.8) is 0 Å². The molecule has 122 valence electrons. The summed E-state index contributed by atoms with van der Waals surface area (Å²) in [5.74, 6) is -0.698. The molecule has 0 saturated heterocycles. The number of aliphatic carboxylic acids is 1. The molecule has 0 aliphatic rings. The summed E-state index contributed by atoms with van der Waals surface area (Å²) in [6.45, 7) is 2.12. The SMILES string of the molecule is CC/C=C\C/C=C\C[C@@H](O)CCCCCCCCC(=O)O. The van der Waals surface area contributed by atoms with Crippen LogP contribution in [-0.2, 0) is 4.79 Å². The summed E-state index contributed by atoms with van der Waals surface area (Å²) in [6.07, 6.45) is 18.4. The average Bonchev–Trinajstić information content (AvgIpc) is 2.45. The minimum atomic E-state index is -0.698. The van der Waals surface area contributed by atoms with Crippen LogP contribution in [0.15, 0.2) is 24.3 Å². The summed E-state index contributed by atoms with van der Waals surface area (Å²) in [4.78, 5) is 10.3. The fraction of sp³-hybridized carbons (Fsp3) is 0.722. The first kappa shape index (κ1) is 19.9. The van der Waals surface area contributed by atoms with Gasteiger partial charge in [-0.2, -0.15) is 0 Å². The van der Waals surface area contributed by atoms with Gasteiger partial charge in [0.2, 0.25) is 0 Å². The lowest BCUT2D eigenvalue weighted by Gasteiger charge is -2.07. The van der Waals surface area contributed by atoms with Crippen LogP contribution in [0.2, 0.25) is 0 Å². The lowest BCUT2D eigenvalue weighted by Crippen LogP contribution is -2.04. The van der Waals surface area contributed by atoms with Gasteiger partial charge in [0.1, 0.15) is 0 Å². The Balaban J connectivity index is 3.31. The van der Waals surface area contributed by atoms with Gasteiger partial charge in [-0.1, -0.05) is 63.3 Å². The maximum Gasteiger partial charge on any atom is 0.303 e. The second-order valence-electron chi connectivity index (χ2n) is 5.53. The standard InChI is InChI=1S/C18H32O3/c1-2-3-4-5-8-11-14-17(19)15-12-9-6-7-10-13-16-18(20)21/h3-4,8,11,17,19H,2,5-7,9-10,12-16H2,1H3,(H,20,21)/b4-3-,11-8-/t17-/m1/s1. The number of unbranched alkanes of at least 4 members (excludes halogenated alkanes) is 5. The molecule has 0 bridgehead atoms. The molecular formula is C18H32O3. The van der Waals surface area contributed by atoms with Crippen molar-refractivity contribution in [2.45, 2.75) is 83.7 Å². The predicted octanol–water partition coefficient (Wildman–Crippen LogP) is 4.86. The van der Waals surface area contributed by atoms with Crippen LogP contribution in [0.1, 0.15) is 77.6 Å². The Morgan fingerprint density at radius 3 is 2.24 bits per heavy atom. The Morgan fingerprint density at radius 1 is 0.952 bits per heavy atom. The van der Waals surface area contributed by atoms with Crippen molar-refractivity contribution in [2.75, 3.05) is 0 Å². The van der Waals surface area contributed by atoms with Gasteiger partial charge >= 0.3 is 5.97 Å². The Labute approximate surface area is 129 Å². The summed E-state index contributed by atoms with van der Waals surface area (Å²) in [6, 6.07) is 0. The van der Waals surface area contributed by atoms with E-state index in [4.69, 9.17) is 5.11 Å². The minimum Gasteiger partial charge on any atom is -0.481 e. The van der Waals surface area contributed by atoms with Crippen molar-refractivity contribution >= 4 is 5.97 Å². The number of carboxylic acid groups (broad SMARTS) is 1. The minimum absolute atomic E-state index is 0.219. The molecule has 0 aliphatic heterocycles. The molecule has 0 aromatic heterocycles. The molecule has 3 nitrogen and oxygen atoms in total. The van der Waals surface area contributed by atoms with Crippen LogP contribution in [0.25, 0.3) is 0 Å². The summed E-state index contributed by atoms with van der Waals surface area (Å²) in [7, 11) is 0.